The van der Waals surface area contributed by atoms with Gasteiger partial charge in [-0.1, -0.05) is 268 Å². The molecule has 0 amide bonds. The van der Waals surface area contributed by atoms with Crippen molar-refractivity contribution < 1.29 is 37.2 Å². The number of imidazole rings is 1. The topological polar surface area (TPSA) is 35.9 Å². The van der Waals surface area contributed by atoms with Crippen molar-refractivity contribution in [2.75, 3.05) is 0 Å². The normalized spacial score (nSPS) is 13.1. The third kappa shape index (κ3) is 10.2. The van der Waals surface area contributed by atoms with E-state index >= 15 is 0 Å². The number of benzene rings is 11. The van der Waals surface area contributed by atoms with E-state index in [1.54, 1.807) is 0 Å². The maximum atomic E-state index is 9.39. The fraction of sp³-hybridized carbons (Fsp3) is 0.143. The van der Waals surface area contributed by atoms with Crippen LogP contribution in [0.5, 0.6) is 11.5 Å². The van der Waals surface area contributed by atoms with Crippen molar-refractivity contribution in [3.05, 3.63) is 296 Å². The fourth-order valence-electron chi connectivity index (χ4n) is 13.6. The zero-order valence-corrected chi connectivity index (χ0v) is 55.7. The number of hydrogen-bond donors (Lipinski definition) is 0. The number of pyridine rings is 1. The molecule has 14 aromatic rings. The van der Waals surface area contributed by atoms with Gasteiger partial charge in [-0.2, -0.15) is 18.2 Å². The molecule has 0 saturated carbocycles. The minimum absolute atomic E-state index is 0. The van der Waals surface area contributed by atoms with Crippen LogP contribution in [0.2, 0.25) is 0 Å². The van der Waals surface area contributed by atoms with Gasteiger partial charge in [0.05, 0.1) is 23.6 Å². The van der Waals surface area contributed by atoms with Crippen LogP contribution in [0.25, 0.3) is 94.5 Å². The van der Waals surface area contributed by atoms with Crippen LogP contribution >= 0.6 is 0 Å². The molecule has 0 atom stereocenters. The summed E-state index contributed by atoms with van der Waals surface area (Å²) in [6.45, 7) is 20.2. The van der Waals surface area contributed by atoms with Crippen molar-refractivity contribution in [1.29, 1.82) is 0 Å². The molecule has 15 rings (SSSR count). The first-order chi connectivity index (χ1) is 45.6. The number of rotatable bonds is 9. The summed E-state index contributed by atoms with van der Waals surface area (Å²) < 4.78 is 58.6. The Bertz CT molecular complexity index is 5290. The van der Waals surface area contributed by atoms with Crippen molar-refractivity contribution >= 4 is 61.7 Å². The molecule has 448 valence electrons. The molecule has 0 aliphatic carbocycles. The van der Waals surface area contributed by atoms with Gasteiger partial charge in [0.2, 0.25) is 0 Å². The van der Waals surface area contributed by atoms with Gasteiger partial charge in [0.25, 0.3) is 6.33 Å². The summed E-state index contributed by atoms with van der Waals surface area (Å²) in [4.78, 5) is 5.10. The molecule has 0 N–H and O–H groups in total. The molecule has 7 heteroatoms. The van der Waals surface area contributed by atoms with Crippen LogP contribution in [0.15, 0.2) is 261 Å². The van der Waals surface area contributed by atoms with Crippen molar-refractivity contribution in [2.45, 2.75) is 78.6 Å². The average Bonchev–Trinajstić information content (AvgIpc) is 1.51. The molecular formula is C84H70N4OPtSi-2. The maximum Gasteiger partial charge on any atom is 0.268 e. The minimum Gasteiger partial charge on any atom is -0.510 e. The van der Waals surface area contributed by atoms with E-state index in [1.165, 1.54) is 26.3 Å². The zero-order valence-electron chi connectivity index (χ0n) is 57.5. The van der Waals surface area contributed by atoms with Gasteiger partial charge in [0, 0.05) is 44.3 Å². The van der Waals surface area contributed by atoms with Crippen molar-refractivity contribution in [1.82, 2.24) is 14.1 Å². The average molecular weight is 1380 g/mol. The maximum absolute atomic E-state index is 9.39. The molecule has 0 radical (unpaired) electrons. The van der Waals surface area contributed by atoms with Crippen LogP contribution in [-0.2, 0) is 37.3 Å². The Morgan fingerprint density at radius 3 is 1.65 bits per heavy atom. The second-order valence-corrected chi connectivity index (χ2v) is 30.6. The van der Waals surface area contributed by atoms with E-state index in [4.69, 9.17) is 13.8 Å². The Labute approximate surface area is 557 Å². The first-order valence-corrected chi connectivity index (χ1v) is 32.9. The largest absolute Gasteiger partial charge is 0.510 e. The van der Waals surface area contributed by atoms with Gasteiger partial charge in [-0.05, 0) is 134 Å². The molecule has 11 aromatic carbocycles. The van der Waals surface area contributed by atoms with Crippen LogP contribution < -0.4 is 30.1 Å². The van der Waals surface area contributed by atoms with Crippen LogP contribution in [-0.4, -0.2) is 22.2 Å². The van der Waals surface area contributed by atoms with Gasteiger partial charge in [0.1, 0.15) is 5.82 Å². The molecule has 0 saturated heterocycles. The molecule has 0 unspecified atom stereocenters. The van der Waals surface area contributed by atoms with Gasteiger partial charge in [0.15, 0.2) is 8.07 Å². The summed E-state index contributed by atoms with van der Waals surface area (Å²) in [5, 5.41) is 7.18. The monoisotopic (exact) mass is 1380 g/mol. The number of hydrogen-bond acceptors (Lipinski definition) is 2. The standard InChI is InChI=1S/C84H70N4OSi.Pt/c1-82(2,3)58-45-46-85-79(51-58)88-76-44-42-66(90(63-31-16-11-17-32-63,64-33-18-12-19-34-64)65-35-20-13-21-36-65)54-72(76)71-43-41-62(53-77(71)88)89-61-30-26-29-60(52-61)86-55-87-80-74(49-59(83(4,5)6)50-75(80)84(7,8)9)70-40-25-23-38-68(70)67-37-22-24-39-69(67)73-47-57(48-78(86)81(73)87)56-27-14-10-15-28-56;/h10-51,54H,1-9H3;/q-2;/i10D,14D,15D,27D,28D;. The number of nitrogens with zero attached hydrogens (tertiary/aromatic N) is 4. The molecule has 3 aromatic heterocycles. The van der Waals surface area contributed by atoms with Crippen LogP contribution in [0.4, 0.5) is 0 Å². The van der Waals surface area contributed by atoms with Crippen LogP contribution in [0, 0.1) is 18.5 Å². The van der Waals surface area contributed by atoms with E-state index < -0.39 is 26.2 Å². The summed E-state index contributed by atoms with van der Waals surface area (Å²) >= 11 is 0. The fourth-order valence-corrected chi connectivity index (χ4v) is 18.4. The SMILES string of the molecule is [2H]c1c([2H])c([2H])c(-c2cc3c4c(c2)n(-c2[c-]c(Oc5[c-]c6c(cc5)c5cc([Si](c7ccccc7)(c7ccccc7)c7ccccc7)ccc5n6-c5cc(C(C)(C)C)ccn5)ccc2)[c-][n+]4-c2c(cc(C(C)(C)C)cc2C(C)(C)C)-c2ccccc2-c2ccccc2-3)c([2H])c1[2H].[Pt]. The first-order valence-electron chi connectivity index (χ1n) is 33.4. The zero-order chi connectivity index (χ0) is 66.0. The Balaban J connectivity index is 0.00000792. The van der Waals surface area contributed by atoms with E-state index in [-0.39, 0.29) is 55.0 Å². The Morgan fingerprint density at radius 1 is 0.462 bits per heavy atom. The Hall–Kier alpha value is -9.45. The van der Waals surface area contributed by atoms with E-state index in [2.05, 4.69) is 272 Å². The van der Waals surface area contributed by atoms with Crippen LogP contribution in [0.3, 0.4) is 0 Å². The minimum atomic E-state index is -2.94. The first kappa shape index (κ1) is 53.4. The molecule has 1 aliphatic heterocycles. The number of ether oxygens (including phenoxy) is 1. The van der Waals surface area contributed by atoms with E-state index in [0.717, 1.165) is 83.3 Å². The number of fused-ring (bicyclic) bond motifs is 10. The molecular weight excluding hydrogens is 1300 g/mol. The van der Waals surface area contributed by atoms with Crippen molar-refractivity contribution in [3.63, 3.8) is 0 Å². The van der Waals surface area contributed by atoms with Crippen molar-refractivity contribution in [2.24, 2.45) is 0 Å². The number of aromatic nitrogens is 4. The molecule has 1 aliphatic rings. The summed E-state index contributed by atoms with van der Waals surface area (Å²) in [6.07, 6.45) is 5.82. The van der Waals surface area contributed by atoms with Gasteiger partial charge in [-0.25, -0.2) is 4.98 Å². The molecule has 5 nitrogen and oxygen atoms in total. The second-order valence-electron chi connectivity index (χ2n) is 26.8. The summed E-state index contributed by atoms with van der Waals surface area (Å²) in [7, 11) is -2.94. The molecule has 0 bridgehead atoms. The Kier molecular flexibility index (Phi) is 13.4. The Morgan fingerprint density at radius 2 is 1.04 bits per heavy atom. The summed E-state index contributed by atoms with van der Waals surface area (Å²) in [6, 6.07) is 85.5. The molecule has 0 fully saturated rings. The third-order valence-corrected chi connectivity index (χ3v) is 22.8. The smallest absolute Gasteiger partial charge is 0.268 e. The van der Waals surface area contributed by atoms with Gasteiger partial charge in [-0.3, -0.25) is 4.57 Å². The molecule has 0 spiro atoms. The predicted molar refractivity (Wildman–Crippen MR) is 375 cm³/mol. The quantitative estimate of drug-likeness (QED) is 0.0625. The second kappa shape index (κ2) is 22.8. The van der Waals surface area contributed by atoms with Gasteiger partial charge < -0.3 is 13.9 Å². The third-order valence-electron chi connectivity index (χ3n) is 18.0. The molecule has 4 heterocycles. The van der Waals surface area contributed by atoms with E-state index in [9.17, 15) is 2.74 Å². The van der Waals surface area contributed by atoms with E-state index in [1.807, 2.05) is 53.2 Å². The van der Waals surface area contributed by atoms with Gasteiger partial charge in [-0.15, -0.1) is 29.7 Å². The summed E-state index contributed by atoms with van der Waals surface area (Å²) in [5.41, 5.74) is 14.0. The summed E-state index contributed by atoms with van der Waals surface area (Å²) in [5.74, 6) is 1.67. The van der Waals surface area contributed by atoms with Crippen LogP contribution in [0.1, 0.15) is 85.9 Å². The van der Waals surface area contributed by atoms with Gasteiger partial charge >= 0.3 is 0 Å². The van der Waals surface area contributed by atoms with Crippen molar-refractivity contribution in [3.8, 4) is 73.2 Å². The predicted octanol–water partition coefficient (Wildman–Crippen LogP) is 17.8. The molecule has 91 heavy (non-hydrogen) atoms. The van der Waals surface area contributed by atoms with E-state index in [0.29, 0.717) is 28.3 Å².